The molecule has 16 nitrogen and oxygen atoms in total. The van der Waals surface area contributed by atoms with Crippen molar-refractivity contribution >= 4 is 25.4 Å². The number of aliphatic hydroxyl groups excluding tert-OH is 2. The van der Waals surface area contributed by atoms with Crippen LogP contribution in [0.1, 0.15) is 86.8 Å². The number of nitrogens with one attached hydrogen (secondary N) is 1. The van der Waals surface area contributed by atoms with Crippen molar-refractivity contribution in [3.05, 3.63) is 11.9 Å². The van der Waals surface area contributed by atoms with Gasteiger partial charge in [0.2, 0.25) is 0 Å². The maximum Gasteiger partial charge on any atom is 0.316 e. The summed E-state index contributed by atoms with van der Waals surface area (Å²) >= 11 is 0. The van der Waals surface area contributed by atoms with Gasteiger partial charge in [-0.2, -0.15) is 0 Å². The second-order valence-corrected chi connectivity index (χ2v) is 16.3. The van der Waals surface area contributed by atoms with E-state index in [9.17, 15) is 24.9 Å². The van der Waals surface area contributed by atoms with E-state index in [0.29, 0.717) is 31.6 Å². The summed E-state index contributed by atoms with van der Waals surface area (Å²) in [5, 5.41) is 51.4. The van der Waals surface area contributed by atoms with Crippen LogP contribution < -0.4 is 5.32 Å². The summed E-state index contributed by atoms with van der Waals surface area (Å²) in [6.45, 7) is 15.7. The molecule has 14 atom stereocenters. The highest BCUT2D eigenvalue weighted by atomic mass is 16.7. The molecule has 306 valence electrons. The molecule has 3 saturated heterocycles. The SMILES string of the molecule is Bn1cc(CCN(C)[C@H]2C[C@@H](C)O[C@@H](O[C@@H]3[C@@H](C)C(=O)[C@@H](C)C(=O)O[C@H](CC)[C@@](C)(O)[C@H](O)[C@H](C)/C(=N/O[C@@H]4CCNC4)[C@H](C)C[C@@]3(C)OC)[C@@H]2O)nn1. The summed E-state index contributed by atoms with van der Waals surface area (Å²) in [6, 6.07) is -0.344. The molecule has 0 radical (unpaired) electrons. The predicted octanol–water partition coefficient (Wildman–Crippen LogP) is 0.489. The zero-order chi connectivity index (χ0) is 40.1. The molecule has 4 rings (SSSR count). The molecule has 1 aromatic rings. The van der Waals surface area contributed by atoms with Gasteiger partial charge in [0.15, 0.2) is 12.1 Å². The van der Waals surface area contributed by atoms with Crippen molar-refractivity contribution in [1.82, 2.24) is 25.1 Å². The summed E-state index contributed by atoms with van der Waals surface area (Å²) in [5.41, 5.74) is -1.82. The maximum atomic E-state index is 14.3. The van der Waals surface area contributed by atoms with Crippen LogP contribution >= 0.6 is 0 Å². The Morgan fingerprint density at radius 2 is 1.87 bits per heavy atom. The van der Waals surface area contributed by atoms with Crippen LogP contribution in [0.3, 0.4) is 0 Å². The molecule has 0 amide bonds. The van der Waals surface area contributed by atoms with Crippen molar-refractivity contribution < 1.29 is 48.7 Å². The van der Waals surface area contributed by atoms with Gasteiger partial charge in [0, 0.05) is 63.0 Å². The number of carbonyl (C=O) groups excluding carboxylic acids is 2. The van der Waals surface area contributed by atoms with Crippen LogP contribution in [-0.4, -0.2) is 155 Å². The normalized spacial score (nSPS) is 41.2. The van der Waals surface area contributed by atoms with Crippen molar-refractivity contribution in [3.8, 4) is 0 Å². The molecule has 0 aromatic carbocycles. The van der Waals surface area contributed by atoms with Gasteiger partial charge >= 0.3 is 5.97 Å². The molecule has 17 heteroatoms. The molecule has 4 heterocycles. The van der Waals surface area contributed by atoms with E-state index in [-0.39, 0.29) is 31.1 Å². The van der Waals surface area contributed by atoms with Gasteiger partial charge in [0.1, 0.15) is 29.8 Å². The molecular formula is C37H65BN6O10. The first-order chi connectivity index (χ1) is 25.3. The van der Waals surface area contributed by atoms with Crippen LogP contribution in [0.25, 0.3) is 0 Å². The highest BCUT2D eigenvalue weighted by Crippen LogP contribution is 2.39. The van der Waals surface area contributed by atoms with Crippen LogP contribution in [0.5, 0.6) is 0 Å². The molecule has 0 bridgehead atoms. The number of ether oxygens (including phenoxy) is 4. The maximum absolute atomic E-state index is 14.3. The Kier molecular flexibility index (Phi) is 15.2. The number of carbonyl (C=O) groups is 2. The van der Waals surface area contributed by atoms with E-state index >= 15 is 0 Å². The molecule has 4 N–H and O–H groups in total. The number of nitrogens with zero attached hydrogens (tertiary/aromatic N) is 5. The Morgan fingerprint density at radius 1 is 1.17 bits per heavy atom. The lowest BCUT2D eigenvalue weighted by Gasteiger charge is -2.47. The van der Waals surface area contributed by atoms with Gasteiger partial charge < -0.3 is 53.9 Å². The third-order valence-electron chi connectivity index (χ3n) is 11.9. The summed E-state index contributed by atoms with van der Waals surface area (Å²) in [7, 11) is 5.27. The predicted molar refractivity (Wildman–Crippen MR) is 202 cm³/mol. The largest absolute Gasteiger partial charge is 0.459 e. The minimum Gasteiger partial charge on any atom is -0.459 e. The van der Waals surface area contributed by atoms with E-state index < -0.39 is 77.3 Å². The van der Waals surface area contributed by atoms with E-state index in [2.05, 4.69) is 25.7 Å². The molecule has 0 saturated carbocycles. The van der Waals surface area contributed by atoms with Gasteiger partial charge in [-0.25, -0.2) is 0 Å². The fraction of sp³-hybridized carbons (Fsp3) is 0.865. The van der Waals surface area contributed by atoms with Crippen molar-refractivity contribution in [2.24, 2.45) is 28.8 Å². The molecule has 3 fully saturated rings. The number of hydrogen-bond donors (Lipinski definition) is 4. The molecule has 0 aliphatic carbocycles. The minimum absolute atomic E-state index is 0.172. The molecule has 54 heavy (non-hydrogen) atoms. The summed E-state index contributed by atoms with van der Waals surface area (Å²) in [4.78, 5) is 35.9. The number of esters is 1. The first-order valence-corrected chi connectivity index (χ1v) is 19.5. The lowest BCUT2D eigenvalue weighted by molar-refractivity contribution is -0.295. The number of cyclic esters (lactones) is 1. The topological polar surface area (TPSA) is 199 Å². The van der Waals surface area contributed by atoms with E-state index in [4.69, 9.17) is 23.8 Å². The lowest BCUT2D eigenvalue weighted by atomic mass is 9.74. The highest BCUT2D eigenvalue weighted by Gasteiger charge is 2.52. The zero-order valence-corrected chi connectivity index (χ0v) is 34.1. The van der Waals surface area contributed by atoms with Gasteiger partial charge in [0.25, 0.3) is 7.98 Å². The van der Waals surface area contributed by atoms with Crippen molar-refractivity contribution in [2.45, 2.75) is 148 Å². The third-order valence-corrected chi connectivity index (χ3v) is 11.9. The standard InChI is InChI=1S/C37H65BN6O10/c1-11-28-37(8,49)32(47)22(4)29(41-54-26-12-14-39-18-26)20(2)17-36(7,50-10)33(23(5)30(45)24(6)34(48)52-28)53-35-31(46)27(16-21(3)51-35)43(9)15-13-25-19-44(38)42-40-25/h19-24,26-28,31-33,35,39,46-47,49H,11-18,38H2,1-10H3/b41-29+/t20-,21-,22-,23+,24-,26-,27+,28-,31-,32-,33-,35+,36-,37-/m1/s1. The molecule has 0 spiro atoms. The van der Waals surface area contributed by atoms with Gasteiger partial charge in [0.05, 0.1) is 35.3 Å². The average molecular weight is 765 g/mol. The van der Waals surface area contributed by atoms with E-state index in [1.807, 2.05) is 42.0 Å². The summed E-state index contributed by atoms with van der Waals surface area (Å²) < 4.78 is 26.7. The number of aromatic nitrogens is 3. The van der Waals surface area contributed by atoms with Crippen LogP contribution in [0, 0.1) is 23.7 Å². The number of methoxy groups -OCH3 is 1. The molecule has 3 aliphatic heterocycles. The first kappa shape index (κ1) is 44.2. The molecule has 1 aromatic heterocycles. The van der Waals surface area contributed by atoms with Crippen LogP contribution in [0.2, 0.25) is 0 Å². The average Bonchev–Trinajstić information content (AvgIpc) is 3.82. The molecule has 3 aliphatic rings. The number of likely N-dealkylation sites (N-methyl/N-ethyl adjacent to an activating group) is 1. The van der Waals surface area contributed by atoms with Crippen molar-refractivity contribution in [2.75, 3.05) is 33.8 Å². The number of hydrogen-bond acceptors (Lipinski definition) is 15. The Morgan fingerprint density at radius 3 is 2.46 bits per heavy atom. The van der Waals surface area contributed by atoms with Gasteiger partial charge in [-0.15, -0.1) is 5.10 Å². The minimum atomic E-state index is -1.89. The Balaban J connectivity index is 1.72. The van der Waals surface area contributed by atoms with Gasteiger partial charge in [-0.1, -0.05) is 38.1 Å². The Hall–Kier alpha value is -2.51. The number of rotatable bonds is 10. The summed E-state index contributed by atoms with van der Waals surface area (Å²) in [6.07, 6.45) is -2.09. The van der Waals surface area contributed by atoms with Crippen molar-refractivity contribution in [3.63, 3.8) is 0 Å². The van der Waals surface area contributed by atoms with Gasteiger partial charge in [-0.05, 0) is 60.5 Å². The Bertz CT molecular complexity index is 1430. The first-order valence-electron chi connectivity index (χ1n) is 19.5. The number of aliphatic hydroxyl groups is 3. The van der Waals surface area contributed by atoms with Crippen LogP contribution in [-0.2, 0) is 39.8 Å². The monoisotopic (exact) mass is 764 g/mol. The van der Waals surface area contributed by atoms with E-state index in [0.717, 1.165) is 18.7 Å². The third kappa shape index (κ3) is 10.1. The number of Topliss-reactive ketones (excluding diaryl/α,β-unsaturated/α-hetero) is 1. The van der Waals surface area contributed by atoms with E-state index in [1.54, 1.807) is 25.4 Å². The quantitative estimate of drug-likeness (QED) is 0.111. The Labute approximate surface area is 321 Å². The van der Waals surface area contributed by atoms with Crippen LogP contribution in [0.4, 0.5) is 0 Å². The van der Waals surface area contributed by atoms with Gasteiger partial charge in [-0.3, -0.25) is 9.59 Å². The zero-order valence-electron chi connectivity index (χ0n) is 34.1. The number of oxime groups is 1. The van der Waals surface area contributed by atoms with Crippen LogP contribution in [0.15, 0.2) is 11.4 Å². The fourth-order valence-corrected chi connectivity index (χ4v) is 8.36. The molecule has 0 unspecified atom stereocenters. The molecular weight excluding hydrogens is 699 g/mol. The lowest BCUT2D eigenvalue weighted by Crippen LogP contribution is -2.60. The van der Waals surface area contributed by atoms with E-state index in [1.165, 1.54) is 21.0 Å². The smallest absolute Gasteiger partial charge is 0.316 e. The number of ketones is 1. The second kappa shape index (κ2) is 18.6. The summed E-state index contributed by atoms with van der Waals surface area (Å²) in [5.74, 6) is -4.67. The second-order valence-electron chi connectivity index (χ2n) is 16.3. The fourth-order valence-electron chi connectivity index (χ4n) is 8.36. The van der Waals surface area contributed by atoms with Crippen molar-refractivity contribution in [1.29, 1.82) is 0 Å². The highest BCUT2D eigenvalue weighted by molar-refractivity contribution is 6.05.